The highest BCUT2D eigenvalue weighted by molar-refractivity contribution is 5.99. The quantitative estimate of drug-likeness (QED) is 0.681. The lowest BCUT2D eigenvalue weighted by atomic mass is 10.0. The van der Waals surface area contributed by atoms with E-state index in [1.165, 1.54) is 6.07 Å². The fraction of sp³-hybridized carbons (Fsp3) is 0.500. The largest absolute Gasteiger partial charge is 0.493 e. The predicted molar refractivity (Wildman–Crippen MR) is 86.8 cm³/mol. The molecule has 5 N–H and O–H groups in total. The third kappa shape index (κ3) is 5.37. The first-order chi connectivity index (χ1) is 10.3. The average Bonchev–Trinajstić information content (AvgIpc) is 2.44. The molecule has 0 aliphatic heterocycles. The molecule has 22 heavy (non-hydrogen) atoms. The zero-order valence-corrected chi connectivity index (χ0v) is 13.4. The summed E-state index contributed by atoms with van der Waals surface area (Å²) in [4.78, 5) is 23.5. The van der Waals surface area contributed by atoms with Crippen LogP contribution in [0.2, 0.25) is 0 Å². The van der Waals surface area contributed by atoms with Gasteiger partial charge in [0.1, 0.15) is 5.75 Å². The molecule has 0 spiro atoms. The number of hydrogen-bond donors (Lipinski definition) is 3. The standard InChI is InChI=1S/C16H25N3O3/c1-4-7-22-14-6-5-11(9-12(14)15(18)20)19-16(21)13(17)8-10(2)3/h5-6,9-10,13H,4,7-8,17H2,1-3H3,(H2,18,20)(H,19,21)/t13-/m0/s1. The van der Waals surface area contributed by atoms with Gasteiger partial charge in [0.05, 0.1) is 18.2 Å². The maximum Gasteiger partial charge on any atom is 0.252 e. The average molecular weight is 307 g/mol. The van der Waals surface area contributed by atoms with Crippen LogP contribution in [0.1, 0.15) is 44.0 Å². The third-order valence-electron chi connectivity index (χ3n) is 3.04. The number of amides is 2. The monoisotopic (exact) mass is 307 g/mol. The van der Waals surface area contributed by atoms with Gasteiger partial charge in [0, 0.05) is 5.69 Å². The van der Waals surface area contributed by atoms with E-state index in [0.29, 0.717) is 30.4 Å². The number of hydrogen-bond acceptors (Lipinski definition) is 4. The maximum absolute atomic E-state index is 12.0. The lowest BCUT2D eigenvalue weighted by molar-refractivity contribution is -0.117. The number of nitrogens with one attached hydrogen (secondary N) is 1. The lowest BCUT2D eigenvalue weighted by Crippen LogP contribution is -2.36. The summed E-state index contributed by atoms with van der Waals surface area (Å²) >= 11 is 0. The van der Waals surface area contributed by atoms with Crippen LogP contribution in [0.15, 0.2) is 18.2 Å². The molecule has 1 atom stereocenters. The number of carbonyl (C=O) groups excluding carboxylic acids is 2. The van der Waals surface area contributed by atoms with Crippen molar-refractivity contribution in [2.45, 2.75) is 39.7 Å². The van der Waals surface area contributed by atoms with Crippen LogP contribution in [0.4, 0.5) is 5.69 Å². The third-order valence-corrected chi connectivity index (χ3v) is 3.04. The van der Waals surface area contributed by atoms with Crippen LogP contribution in [-0.4, -0.2) is 24.5 Å². The zero-order chi connectivity index (χ0) is 16.7. The zero-order valence-electron chi connectivity index (χ0n) is 13.4. The van der Waals surface area contributed by atoms with Crippen molar-refractivity contribution in [3.63, 3.8) is 0 Å². The van der Waals surface area contributed by atoms with Crippen molar-refractivity contribution < 1.29 is 14.3 Å². The molecule has 122 valence electrons. The summed E-state index contributed by atoms with van der Waals surface area (Å²) in [6.07, 6.45) is 1.41. The molecule has 0 radical (unpaired) electrons. The first-order valence-electron chi connectivity index (χ1n) is 7.48. The first-order valence-corrected chi connectivity index (χ1v) is 7.48. The molecule has 1 rings (SSSR count). The van der Waals surface area contributed by atoms with E-state index in [1.54, 1.807) is 12.1 Å². The Morgan fingerprint density at radius 3 is 2.55 bits per heavy atom. The Hall–Kier alpha value is -2.08. The van der Waals surface area contributed by atoms with Gasteiger partial charge in [-0.3, -0.25) is 9.59 Å². The normalized spacial score (nSPS) is 12.0. The smallest absolute Gasteiger partial charge is 0.252 e. The Bertz CT molecular complexity index is 529. The Morgan fingerprint density at radius 1 is 1.32 bits per heavy atom. The minimum Gasteiger partial charge on any atom is -0.493 e. The molecule has 0 aromatic heterocycles. The molecular weight excluding hydrogens is 282 g/mol. The Morgan fingerprint density at radius 2 is 2.00 bits per heavy atom. The van der Waals surface area contributed by atoms with E-state index in [1.807, 2.05) is 20.8 Å². The van der Waals surface area contributed by atoms with Gasteiger partial charge in [-0.05, 0) is 37.0 Å². The summed E-state index contributed by atoms with van der Waals surface area (Å²) in [5.41, 5.74) is 11.9. The molecule has 6 nitrogen and oxygen atoms in total. The second kappa shape index (κ2) is 8.38. The summed E-state index contributed by atoms with van der Waals surface area (Å²) in [7, 11) is 0. The molecule has 0 heterocycles. The summed E-state index contributed by atoms with van der Waals surface area (Å²) in [5, 5.41) is 2.70. The molecule has 0 fully saturated rings. The molecule has 0 bridgehead atoms. The number of rotatable bonds is 8. The van der Waals surface area contributed by atoms with Gasteiger partial charge in [0.2, 0.25) is 5.91 Å². The van der Waals surface area contributed by atoms with Crippen LogP contribution in [-0.2, 0) is 4.79 Å². The number of benzene rings is 1. The van der Waals surface area contributed by atoms with Crippen molar-refractivity contribution in [2.24, 2.45) is 17.4 Å². The predicted octanol–water partition coefficient (Wildman–Crippen LogP) is 1.89. The van der Waals surface area contributed by atoms with E-state index in [2.05, 4.69) is 5.32 Å². The SMILES string of the molecule is CCCOc1ccc(NC(=O)[C@@H](N)CC(C)C)cc1C(N)=O. The van der Waals surface area contributed by atoms with E-state index in [0.717, 1.165) is 6.42 Å². The Balaban J connectivity index is 2.86. The molecule has 1 aromatic rings. The minimum atomic E-state index is -0.603. The summed E-state index contributed by atoms with van der Waals surface area (Å²) in [6.45, 7) is 6.45. The number of primary amides is 1. The minimum absolute atomic E-state index is 0.240. The van der Waals surface area contributed by atoms with Crippen LogP contribution in [0, 0.1) is 5.92 Å². The molecule has 0 saturated heterocycles. The fourth-order valence-corrected chi connectivity index (χ4v) is 1.99. The van der Waals surface area contributed by atoms with Crippen LogP contribution < -0.4 is 21.5 Å². The molecule has 0 aliphatic carbocycles. The Kier molecular flexibility index (Phi) is 6.85. The van der Waals surface area contributed by atoms with Crippen molar-refractivity contribution in [1.29, 1.82) is 0 Å². The maximum atomic E-state index is 12.0. The molecule has 6 heteroatoms. The molecular formula is C16H25N3O3. The van der Waals surface area contributed by atoms with Crippen molar-refractivity contribution in [3.05, 3.63) is 23.8 Å². The highest BCUT2D eigenvalue weighted by Crippen LogP contribution is 2.23. The number of nitrogens with two attached hydrogens (primary N) is 2. The number of carbonyl (C=O) groups is 2. The highest BCUT2D eigenvalue weighted by Gasteiger charge is 2.17. The summed E-state index contributed by atoms with van der Waals surface area (Å²) in [6, 6.07) is 4.21. The molecule has 0 unspecified atom stereocenters. The van der Waals surface area contributed by atoms with Gasteiger partial charge >= 0.3 is 0 Å². The van der Waals surface area contributed by atoms with Crippen LogP contribution in [0.3, 0.4) is 0 Å². The summed E-state index contributed by atoms with van der Waals surface area (Å²) < 4.78 is 5.47. The Labute approximate surface area is 131 Å². The van der Waals surface area contributed by atoms with Gasteiger partial charge < -0.3 is 21.5 Å². The van der Waals surface area contributed by atoms with Crippen LogP contribution in [0.25, 0.3) is 0 Å². The second-order valence-corrected chi connectivity index (χ2v) is 5.65. The van der Waals surface area contributed by atoms with Crippen molar-refractivity contribution in [3.8, 4) is 5.75 Å². The number of ether oxygens (including phenoxy) is 1. The van der Waals surface area contributed by atoms with E-state index in [-0.39, 0.29) is 11.5 Å². The van der Waals surface area contributed by atoms with E-state index < -0.39 is 11.9 Å². The molecule has 1 aromatic carbocycles. The molecule has 2 amide bonds. The first kappa shape index (κ1) is 18.0. The van der Waals surface area contributed by atoms with Gasteiger partial charge in [-0.25, -0.2) is 0 Å². The van der Waals surface area contributed by atoms with Crippen LogP contribution in [0.5, 0.6) is 5.75 Å². The van der Waals surface area contributed by atoms with Crippen molar-refractivity contribution in [1.82, 2.24) is 0 Å². The van der Waals surface area contributed by atoms with Crippen molar-refractivity contribution in [2.75, 3.05) is 11.9 Å². The van der Waals surface area contributed by atoms with Crippen LogP contribution >= 0.6 is 0 Å². The topological polar surface area (TPSA) is 107 Å². The highest BCUT2D eigenvalue weighted by atomic mass is 16.5. The van der Waals surface area contributed by atoms with Crippen molar-refractivity contribution >= 4 is 17.5 Å². The molecule has 0 aliphatic rings. The molecule has 0 saturated carbocycles. The van der Waals surface area contributed by atoms with Gasteiger partial charge in [0.15, 0.2) is 0 Å². The van der Waals surface area contributed by atoms with E-state index in [4.69, 9.17) is 16.2 Å². The lowest BCUT2D eigenvalue weighted by Gasteiger charge is -2.15. The fourth-order valence-electron chi connectivity index (χ4n) is 1.99. The number of anilines is 1. The summed E-state index contributed by atoms with van der Waals surface area (Å²) in [5.74, 6) is -0.148. The van der Waals surface area contributed by atoms with E-state index >= 15 is 0 Å². The van der Waals surface area contributed by atoms with Gasteiger partial charge in [-0.15, -0.1) is 0 Å². The second-order valence-electron chi connectivity index (χ2n) is 5.65. The van der Waals surface area contributed by atoms with Gasteiger partial charge in [-0.1, -0.05) is 20.8 Å². The van der Waals surface area contributed by atoms with Gasteiger partial charge in [0.25, 0.3) is 5.91 Å². The van der Waals surface area contributed by atoms with E-state index in [9.17, 15) is 9.59 Å². The van der Waals surface area contributed by atoms with Gasteiger partial charge in [-0.2, -0.15) is 0 Å².